The number of esters is 1. The van der Waals surface area contributed by atoms with Gasteiger partial charge in [-0.1, -0.05) is 42.8 Å². The van der Waals surface area contributed by atoms with Crippen molar-refractivity contribution >= 4 is 27.8 Å². The molecule has 1 unspecified atom stereocenters. The van der Waals surface area contributed by atoms with Crippen LogP contribution in [0.2, 0.25) is 0 Å². The first kappa shape index (κ1) is 23.5. The second-order valence-electron chi connectivity index (χ2n) is 7.63. The van der Waals surface area contributed by atoms with Crippen LogP contribution in [0, 0.1) is 10.2 Å². The van der Waals surface area contributed by atoms with Crippen molar-refractivity contribution in [1.82, 2.24) is 9.47 Å². The molecule has 0 spiro atoms. The number of carbonyl (C=O) groups is 1. The summed E-state index contributed by atoms with van der Waals surface area (Å²) in [6.07, 6.45) is 3.65. The van der Waals surface area contributed by atoms with Crippen molar-refractivity contribution in [2.75, 3.05) is 19.6 Å². The minimum absolute atomic E-state index is 0.134. The molecule has 1 fully saturated rings. The van der Waals surface area contributed by atoms with E-state index in [9.17, 15) is 4.79 Å². The van der Waals surface area contributed by atoms with Crippen LogP contribution in [-0.2, 0) is 16.1 Å². The number of aromatic nitrogens is 1. The number of piperidine rings is 1. The monoisotopic (exact) mass is 450 g/mol. The van der Waals surface area contributed by atoms with Crippen LogP contribution in [0.25, 0.3) is 21.8 Å². The van der Waals surface area contributed by atoms with Gasteiger partial charge in [-0.2, -0.15) is 14.0 Å². The van der Waals surface area contributed by atoms with Crippen LogP contribution in [0.1, 0.15) is 26.2 Å². The lowest BCUT2D eigenvalue weighted by atomic mass is 10.1. The number of nitrogens with zero attached hydrogens (tertiary/aromatic N) is 2. The van der Waals surface area contributed by atoms with Gasteiger partial charge in [0.2, 0.25) is 0 Å². The molecule has 0 saturated carbocycles. The maximum Gasteiger partial charge on any atom is 0.303 e. The van der Waals surface area contributed by atoms with Crippen molar-refractivity contribution < 1.29 is 38.4 Å². The molecule has 9 heteroatoms. The van der Waals surface area contributed by atoms with Gasteiger partial charge in [0.1, 0.15) is 6.10 Å². The molecule has 1 aromatic heterocycles. The maximum absolute atomic E-state index is 11.7. The number of benzene rings is 2. The van der Waals surface area contributed by atoms with Crippen molar-refractivity contribution in [2.45, 2.75) is 38.8 Å². The standard InChI is InChI=1S/C22H26N2O2.ClHO4/c1-17(25)26-18(15-23-13-7-2-8-14-23)16-24-21-11-5-3-9-19(21)20-10-4-6-12-22(20)24;2-1(3,4)5/h3-6,9-12,18H,2,7-8,13-16H2,1H3;(H,2,3,4,5). The van der Waals surface area contributed by atoms with Crippen molar-refractivity contribution in [3.05, 3.63) is 48.5 Å². The minimum atomic E-state index is -4.69. The first-order valence-corrected chi connectivity index (χ1v) is 11.5. The SMILES string of the molecule is CC(=O)OC(CN1CCCCC1)Cn1c2ccccc2c2ccccc21.[O-][Cl+3]([O-])([O-])O. The Balaban J connectivity index is 0.000000491. The Bertz CT molecular complexity index is 951. The quantitative estimate of drug-likeness (QED) is 0.546. The summed E-state index contributed by atoms with van der Waals surface area (Å²) in [5.41, 5.74) is 2.40. The van der Waals surface area contributed by atoms with E-state index in [1.807, 2.05) is 0 Å². The zero-order valence-electron chi connectivity index (χ0n) is 17.4. The van der Waals surface area contributed by atoms with E-state index in [0.29, 0.717) is 6.54 Å². The van der Waals surface area contributed by atoms with Gasteiger partial charge in [0.15, 0.2) is 0 Å². The van der Waals surface area contributed by atoms with E-state index < -0.39 is 10.2 Å². The first-order chi connectivity index (χ1) is 14.7. The highest BCUT2D eigenvalue weighted by Crippen LogP contribution is 2.29. The second kappa shape index (κ2) is 10.4. The Morgan fingerprint density at radius 1 is 0.968 bits per heavy atom. The molecule has 31 heavy (non-hydrogen) atoms. The van der Waals surface area contributed by atoms with E-state index in [1.54, 1.807) is 0 Å². The number of halogens is 1. The number of fused-ring (bicyclic) bond motifs is 3. The van der Waals surface area contributed by atoms with E-state index >= 15 is 0 Å². The third-order valence-corrected chi connectivity index (χ3v) is 5.31. The molecule has 0 amide bonds. The van der Waals surface area contributed by atoms with Gasteiger partial charge in [0.25, 0.3) is 0 Å². The van der Waals surface area contributed by atoms with Crippen LogP contribution in [0.15, 0.2) is 48.5 Å². The van der Waals surface area contributed by atoms with Gasteiger partial charge >= 0.3 is 5.97 Å². The van der Waals surface area contributed by atoms with Gasteiger partial charge in [0, 0.05) is 35.3 Å². The summed E-state index contributed by atoms with van der Waals surface area (Å²) in [5, 5.41) is 2.50. The van der Waals surface area contributed by atoms with Gasteiger partial charge in [0.05, 0.1) is 21.4 Å². The lowest BCUT2D eigenvalue weighted by Crippen LogP contribution is -2.58. The average molecular weight is 451 g/mol. The van der Waals surface area contributed by atoms with Crippen LogP contribution >= 0.6 is 0 Å². The summed E-state index contributed by atoms with van der Waals surface area (Å²) in [4.78, 5) is 14.1. The minimum Gasteiger partial charge on any atom is -0.459 e. The fourth-order valence-corrected chi connectivity index (χ4v) is 4.20. The van der Waals surface area contributed by atoms with E-state index in [2.05, 4.69) is 58.0 Å². The van der Waals surface area contributed by atoms with Gasteiger partial charge in [-0.25, -0.2) is 0 Å². The Hall–Kier alpha value is -2.20. The normalized spacial score (nSPS) is 16.0. The number of ether oxygens (including phenoxy) is 1. The molecule has 0 bridgehead atoms. The van der Waals surface area contributed by atoms with Crippen LogP contribution in [0.4, 0.5) is 0 Å². The van der Waals surface area contributed by atoms with Crippen LogP contribution < -0.4 is 14.0 Å². The highest BCUT2D eigenvalue weighted by molar-refractivity contribution is 6.07. The van der Waals surface area contributed by atoms with E-state index in [0.717, 1.165) is 19.6 Å². The van der Waals surface area contributed by atoms with E-state index in [-0.39, 0.29) is 12.1 Å². The Kier molecular flexibility index (Phi) is 7.88. The molecule has 2 heterocycles. The predicted molar refractivity (Wildman–Crippen MR) is 108 cm³/mol. The van der Waals surface area contributed by atoms with Crippen LogP contribution in [0.5, 0.6) is 0 Å². The van der Waals surface area contributed by atoms with Gasteiger partial charge < -0.3 is 9.30 Å². The summed E-state index contributed by atoms with van der Waals surface area (Å²) in [6.45, 7) is 5.20. The summed E-state index contributed by atoms with van der Waals surface area (Å²) in [6, 6.07) is 16.9. The highest BCUT2D eigenvalue weighted by atomic mass is 35.7. The summed E-state index contributed by atoms with van der Waals surface area (Å²) in [7, 11) is -4.69. The lowest BCUT2D eigenvalue weighted by Gasteiger charge is -2.30. The number of para-hydroxylation sites is 2. The van der Waals surface area contributed by atoms with Crippen molar-refractivity contribution in [3.8, 4) is 0 Å². The molecule has 2 aromatic carbocycles. The Morgan fingerprint density at radius 2 is 1.45 bits per heavy atom. The number of hydrogen-bond acceptors (Lipinski definition) is 7. The number of carbonyl (C=O) groups excluding carboxylic acids is 1. The van der Waals surface area contributed by atoms with Gasteiger partial charge in [-0.3, -0.25) is 9.69 Å². The zero-order valence-corrected chi connectivity index (χ0v) is 18.2. The van der Waals surface area contributed by atoms with E-state index in [4.69, 9.17) is 23.4 Å². The molecule has 0 aliphatic carbocycles. The van der Waals surface area contributed by atoms with Gasteiger partial charge in [-0.15, -0.1) is 0 Å². The molecule has 0 radical (unpaired) electrons. The smallest absolute Gasteiger partial charge is 0.303 e. The fraction of sp³-hybridized carbons (Fsp3) is 0.409. The molecule has 8 nitrogen and oxygen atoms in total. The second-order valence-corrected chi connectivity index (χ2v) is 8.43. The molecular formula is C22H27ClN2O6. The lowest BCUT2D eigenvalue weighted by molar-refractivity contribution is -1.92. The molecule has 168 valence electrons. The summed E-state index contributed by atoms with van der Waals surface area (Å²) < 4.78 is 40.8. The maximum atomic E-state index is 11.7. The molecule has 3 aromatic rings. The largest absolute Gasteiger partial charge is 0.459 e. The molecule has 1 atom stereocenters. The topological polar surface area (TPSA) is 124 Å². The highest BCUT2D eigenvalue weighted by Gasteiger charge is 2.21. The van der Waals surface area contributed by atoms with Crippen molar-refractivity contribution in [2.24, 2.45) is 0 Å². The molecule has 1 saturated heterocycles. The molecule has 1 N–H and O–H groups in total. The molecular weight excluding hydrogens is 424 g/mol. The molecule has 4 rings (SSSR count). The fourth-order valence-electron chi connectivity index (χ4n) is 4.20. The Morgan fingerprint density at radius 3 is 1.94 bits per heavy atom. The molecule has 1 aliphatic rings. The molecule has 1 aliphatic heterocycles. The third-order valence-electron chi connectivity index (χ3n) is 5.31. The average Bonchev–Trinajstić information content (AvgIpc) is 3.01. The van der Waals surface area contributed by atoms with Crippen LogP contribution in [-0.4, -0.2) is 45.8 Å². The van der Waals surface area contributed by atoms with Gasteiger partial charge in [-0.05, 0) is 38.1 Å². The summed E-state index contributed by atoms with van der Waals surface area (Å²) in [5.74, 6) is -0.201. The number of hydrogen-bond donors (Lipinski definition) is 1. The predicted octanol–water partition coefficient (Wildman–Crippen LogP) is 0.0881. The number of rotatable bonds is 5. The third kappa shape index (κ3) is 6.90. The van der Waals surface area contributed by atoms with Crippen LogP contribution in [0.3, 0.4) is 0 Å². The summed E-state index contributed by atoms with van der Waals surface area (Å²) >= 11 is 0. The van der Waals surface area contributed by atoms with E-state index in [1.165, 1.54) is 48.0 Å². The zero-order chi connectivity index (χ0) is 22.4. The van der Waals surface area contributed by atoms with Crippen molar-refractivity contribution in [3.63, 3.8) is 0 Å². The number of likely N-dealkylation sites (tertiary alicyclic amines) is 1. The first-order valence-electron chi connectivity index (χ1n) is 10.2. The Labute approximate surface area is 183 Å². The van der Waals surface area contributed by atoms with Crippen molar-refractivity contribution in [1.29, 1.82) is 0 Å².